The number of likely N-dealkylation sites (N-methyl/N-ethyl adjacent to an activating group) is 1. The van der Waals surface area contributed by atoms with Gasteiger partial charge in [-0.1, -0.05) is 13.0 Å². The Morgan fingerprint density at radius 1 is 1.53 bits per heavy atom. The second-order valence-electron chi connectivity index (χ2n) is 3.62. The average Bonchev–Trinajstić information content (AvgIpc) is 2.96. The number of carbonyl (C=O) groups is 1. The van der Waals surface area contributed by atoms with Gasteiger partial charge < -0.3 is 21.3 Å². The first kappa shape index (κ1) is 14.8. The van der Waals surface area contributed by atoms with Gasteiger partial charge in [-0.15, -0.1) is 13.5 Å². The molecule has 0 bridgehead atoms. The van der Waals surface area contributed by atoms with E-state index in [0.29, 0.717) is 17.8 Å². The molecule has 1 aliphatic heterocycles. The molecule has 0 aromatic rings. The number of hydrogen-bond acceptors (Lipinski definition) is 2. The van der Waals surface area contributed by atoms with Gasteiger partial charge in [-0.25, -0.2) is 0 Å². The quantitative estimate of drug-likeness (QED) is 0.397. The van der Waals surface area contributed by atoms with Gasteiger partial charge in [-0.2, -0.15) is 6.42 Å². The van der Waals surface area contributed by atoms with Gasteiger partial charge in [0, 0.05) is 20.4 Å². The van der Waals surface area contributed by atoms with Crippen LogP contribution in [0.25, 0.3) is 5.32 Å². The molecule has 1 aliphatic carbocycles. The summed E-state index contributed by atoms with van der Waals surface area (Å²) in [6.45, 7) is 5.02. The van der Waals surface area contributed by atoms with Crippen molar-refractivity contribution in [2.45, 2.75) is 38.4 Å². The molecular formula is C11H17NO2Re-2. The molecule has 2 aliphatic rings. The number of hydrogen-bond donors (Lipinski definition) is 0. The van der Waals surface area contributed by atoms with Crippen LogP contribution in [0.1, 0.15) is 26.2 Å². The number of epoxide rings is 1. The van der Waals surface area contributed by atoms with E-state index in [2.05, 4.69) is 18.3 Å². The largest absolute Gasteiger partial charge is 0.652 e. The molecule has 15 heavy (non-hydrogen) atoms. The zero-order valence-electron chi connectivity index (χ0n) is 9.20. The smallest absolute Gasteiger partial charge is 0.0791 e. The summed E-state index contributed by atoms with van der Waals surface area (Å²) in [5, 5.41) is 3.35. The molecule has 2 atom stereocenters. The standard InChI is InChI=1S/C6H9O.C5H9NO.Re/c1-2-4-6-5(3-1)7-6;1-4(2)5(7)6-3;/h1,5-6H,2-4H2;1H2,2-3H3,(H,6,7);/q-1;;/p-1. The SMILES string of the molecule is C=C(C)C(=O)[N-]C.[CH-]1CCC2OC2C1.[Re]. The van der Waals surface area contributed by atoms with Crippen LogP contribution in [0.3, 0.4) is 0 Å². The molecule has 1 saturated carbocycles. The first-order chi connectivity index (χ1) is 6.65. The fourth-order valence-corrected chi connectivity index (χ4v) is 1.40. The Morgan fingerprint density at radius 3 is 2.47 bits per heavy atom. The summed E-state index contributed by atoms with van der Waals surface area (Å²) >= 11 is 0. The Bertz CT molecular complexity index is 221. The van der Waals surface area contributed by atoms with E-state index in [1.807, 2.05) is 0 Å². The predicted octanol–water partition coefficient (Wildman–Crippen LogP) is 2.23. The van der Waals surface area contributed by atoms with Crippen molar-refractivity contribution in [3.05, 3.63) is 23.9 Å². The maximum Gasteiger partial charge on any atom is 0.0791 e. The number of ether oxygens (including phenoxy) is 1. The Kier molecular flexibility index (Phi) is 7.08. The van der Waals surface area contributed by atoms with Crippen LogP contribution in [0.2, 0.25) is 0 Å². The molecule has 87 valence electrons. The molecule has 0 spiro atoms. The molecule has 0 aromatic carbocycles. The Labute approximate surface area is 105 Å². The minimum absolute atomic E-state index is 0. The van der Waals surface area contributed by atoms with Crippen LogP contribution in [-0.2, 0) is 30.0 Å². The third-order valence-electron chi connectivity index (χ3n) is 2.31. The van der Waals surface area contributed by atoms with Crippen molar-refractivity contribution in [3.63, 3.8) is 0 Å². The monoisotopic (exact) mass is 382 g/mol. The third-order valence-corrected chi connectivity index (χ3v) is 2.31. The summed E-state index contributed by atoms with van der Waals surface area (Å²) in [4.78, 5) is 10.2. The molecule has 0 aromatic heterocycles. The van der Waals surface area contributed by atoms with Gasteiger partial charge >= 0.3 is 0 Å². The molecule has 4 heteroatoms. The van der Waals surface area contributed by atoms with E-state index in [-0.39, 0.29) is 26.3 Å². The minimum Gasteiger partial charge on any atom is -0.652 e. The first-order valence-corrected chi connectivity index (χ1v) is 4.92. The predicted molar refractivity (Wildman–Crippen MR) is 55.9 cm³/mol. The molecule has 2 rings (SSSR count). The topological polar surface area (TPSA) is 43.7 Å². The van der Waals surface area contributed by atoms with Crippen LogP contribution in [0.5, 0.6) is 0 Å². The number of amides is 1. The minimum atomic E-state index is -0.222. The van der Waals surface area contributed by atoms with Crippen LogP contribution >= 0.6 is 0 Å². The van der Waals surface area contributed by atoms with Gasteiger partial charge in [0.15, 0.2) is 0 Å². The van der Waals surface area contributed by atoms with E-state index in [1.54, 1.807) is 6.92 Å². The van der Waals surface area contributed by atoms with Crippen molar-refractivity contribution in [3.8, 4) is 0 Å². The van der Waals surface area contributed by atoms with E-state index >= 15 is 0 Å². The summed E-state index contributed by atoms with van der Waals surface area (Å²) < 4.78 is 5.25. The summed E-state index contributed by atoms with van der Waals surface area (Å²) in [6, 6.07) is 0. The van der Waals surface area contributed by atoms with Gasteiger partial charge in [-0.05, 0) is 12.5 Å². The van der Waals surface area contributed by atoms with Crippen LogP contribution in [0.4, 0.5) is 0 Å². The van der Waals surface area contributed by atoms with Gasteiger partial charge in [0.25, 0.3) is 0 Å². The molecule has 2 fully saturated rings. The zero-order valence-corrected chi connectivity index (χ0v) is 11.9. The van der Waals surface area contributed by atoms with Gasteiger partial charge in [0.2, 0.25) is 0 Å². The van der Waals surface area contributed by atoms with Crippen LogP contribution in [0, 0.1) is 6.42 Å². The van der Waals surface area contributed by atoms with E-state index in [0.717, 1.165) is 0 Å². The van der Waals surface area contributed by atoms with Crippen LogP contribution in [0.15, 0.2) is 12.2 Å². The molecule has 1 radical (unpaired) electrons. The van der Waals surface area contributed by atoms with Crippen molar-refractivity contribution in [1.29, 1.82) is 0 Å². The second-order valence-corrected chi connectivity index (χ2v) is 3.62. The number of carbonyl (C=O) groups excluding carboxylic acids is 1. The maximum absolute atomic E-state index is 10.2. The van der Waals surface area contributed by atoms with Gasteiger partial charge in [0.05, 0.1) is 18.1 Å². The van der Waals surface area contributed by atoms with E-state index in [9.17, 15) is 4.79 Å². The summed E-state index contributed by atoms with van der Waals surface area (Å²) in [7, 11) is 1.46. The number of nitrogens with zero attached hydrogens (tertiary/aromatic N) is 1. The Balaban J connectivity index is 0.000000245. The van der Waals surface area contributed by atoms with Crippen molar-refractivity contribution >= 4 is 5.91 Å². The van der Waals surface area contributed by atoms with Gasteiger partial charge in [0.1, 0.15) is 0 Å². The molecule has 0 N–H and O–H groups in total. The Hall–Kier alpha value is -0.168. The molecule has 2 unspecified atom stereocenters. The fourth-order valence-electron chi connectivity index (χ4n) is 1.40. The van der Waals surface area contributed by atoms with E-state index < -0.39 is 0 Å². The number of rotatable bonds is 1. The fraction of sp³-hybridized carbons (Fsp3) is 0.636. The molecule has 1 amide bonds. The maximum atomic E-state index is 10.2. The molecule has 3 nitrogen and oxygen atoms in total. The van der Waals surface area contributed by atoms with Crippen molar-refractivity contribution < 1.29 is 30.0 Å². The zero-order chi connectivity index (χ0) is 10.6. The third kappa shape index (κ3) is 5.46. The normalized spacial score (nSPS) is 26.0. The second kappa shape index (κ2) is 7.16. The molecular weight excluding hydrogens is 364 g/mol. The van der Waals surface area contributed by atoms with Gasteiger partial charge in [-0.3, -0.25) is 0 Å². The van der Waals surface area contributed by atoms with Crippen LogP contribution in [-0.4, -0.2) is 25.2 Å². The average molecular weight is 381 g/mol. The van der Waals surface area contributed by atoms with Crippen molar-refractivity contribution in [1.82, 2.24) is 0 Å². The summed E-state index contributed by atoms with van der Waals surface area (Å²) in [5.74, 6) is -0.222. The summed E-state index contributed by atoms with van der Waals surface area (Å²) in [6.07, 6.45) is 7.42. The van der Waals surface area contributed by atoms with Crippen molar-refractivity contribution in [2.24, 2.45) is 0 Å². The molecule has 1 heterocycles. The first-order valence-electron chi connectivity index (χ1n) is 4.92. The van der Waals surface area contributed by atoms with Crippen molar-refractivity contribution in [2.75, 3.05) is 7.05 Å². The summed E-state index contributed by atoms with van der Waals surface area (Å²) in [5.41, 5.74) is 0.488. The van der Waals surface area contributed by atoms with E-state index in [1.165, 1.54) is 26.3 Å². The molecule has 1 saturated heterocycles. The van der Waals surface area contributed by atoms with Crippen LogP contribution < -0.4 is 0 Å². The Morgan fingerprint density at radius 2 is 2.20 bits per heavy atom. The number of fused-ring (bicyclic) bond motifs is 1. The van der Waals surface area contributed by atoms with E-state index in [4.69, 9.17) is 4.74 Å².